The summed E-state index contributed by atoms with van der Waals surface area (Å²) in [6.07, 6.45) is 0. The van der Waals surface area contributed by atoms with Crippen molar-refractivity contribution in [1.29, 1.82) is 5.26 Å². The van der Waals surface area contributed by atoms with Gasteiger partial charge in [-0.25, -0.2) is 0 Å². The molecule has 0 unspecified atom stereocenters. The van der Waals surface area contributed by atoms with E-state index >= 15 is 0 Å². The van der Waals surface area contributed by atoms with Crippen molar-refractivity contribution < 1.29 is 0 Å². The van der Waals surface area contributed by atoms with Gasteiger partial charge in [0.1, 0.15) is 5.84 Å². The van der Waals surface area contributed by atoms with Crippen molar-refractivity contribution in [2.45, 2.75) is 13.1 Å². The fourth-order valence-corrected chi connectivity index (χ4v) is 4.09. The van der Waals surface area contributed by atoms with Crippen LogP contribution in [0.15, 0.2) is 138 Å². The van der Waals surface area contributed by atoms with Crippen molar-refractivity contribution in [1.82, 2.24) is 0 Å². The molecule has 0 radical (unpaired) electrons. The molecule has 0 aliphatic heterocycles. The second-order valence-electron chi connectivity index (χ2n) is 8.65. The maximum absolute atomic E-state index is 9.36. The number of rotatable bonds is 6. The van der Waals surface area contributed by atoms with Gasteiger partial charge in [-0.05, 0) is 39.4 Å². The van der Waals surface area contributed by atoms with Gasteiger partial charge in [0, 0.05) is 12.1 Å². The van der Waals surface area contributed by atoms with Crippen molar-refractivity contribution in [3.05, 3.63) is 156 Å². The number of benzene rings is 5. The molecule has 0 bridgehead atoms. The Morgan fingerprint density at radius 2 is 1.16 bits per heavy atom. The molecule has 38 heavy (non-hydrogen) atoms. The summed E-state index contributed by atoms with van der Waals surface area (Å²) in [5.74, 6) is 0.536. The number of amidine groups is 1. The van der Waals surface area contributed by atoms with Crippen molar-refractivity contribution in [3.63, 3.8) is 0 Å². The number of aliphatic imine (C=N–C) groups is 1. The summed E-state index contributed by atoms with van der Waals surface area (Å²) < 4.78 is 0. The first-order valence-electron chi connectivity index (χ1n) is 12.5. The molecule has 0 spiro atoms. The van der Waals surface area contributed by atoms with Crippen molar-refractivity contribution in [3.8, 4) is 28.3 Å². The highest BCUT2D eigenvalue weighted by molar-refractivity contribution is 5.97. The molecule has 4 heteroatoms. The normalized spacial score (nSPS) is 10.7. The maximum atomic E-state index is 9.36. The Morgan fingerprint density at radius 1 is 0.632 bits per heavy atom. The van der Waals surface area contributed by atoms with Crippen LogP contribution in [-0.2, 0) is 13.1 Å². The molecular weight excluding hydrogens is 464 g/mol. The van der Waals surface area contributed by atoms with Crippen LogP contribution in [-0.4, -0.2) is 5.84 Å². The third-order valence-electron chi connectivity index (χ3n) is 6.14. The molecule has 0 amide bonds. The smallest absolute Gasteiger partial charge is 0.125 e. The second kappa shape index (κ2) is 13.4. The van der Waals surface area contributed by atoms with E-state index in [1.54, 1.807) is 0 Å². The van der Waals surface area contributed by atoms with Crippen LogP contribution in [0.5, 0.6) is 0 Å². The first-order valence-corrected chi connectivity index (χ1v) is 12.5. The lowest BCUT2D eigenvalue weighted by atomic mass is 9.95. The minimum atomic E-state index is 0.510. The van der Waals surface area contributed by atoms with Crippen molar-refractivity contribution >= 4 is 5.84 Å². The zero-order valence-corrected chi connectivity index (χ0v) is 21.2. The summed E-state index contributed by atoms with van der Waals surface area (Å²) in [6.45, 7) is 1.15. The van der Waals surface area contributed by atoms with E-state index in [2.05, 4.69) is 47.5 Å². The Kier molecular flexibility index (Phi) is 9.18. The molecule has 0 fully saturated rings. The monoisotopic (exact) mass is 494 g/mol. The number of nitrogens with zero attached hydrogens (tertiary/aromatic N) is 2. The zero-order chi connectivity index (χ0) is 26.6. The van der Waals surface area contributed by atoms with Crippen LogP contribution in [0.4, 0.5) is 0 Å². The van der Waals surface area contributed by atoms with Crippen LogP contribution in [0.3, 0.4) is 0 Å². The van der Waals surface area contributed by atoms with Crippen LogP contribution >= 0.6 is 0 Å². The molecule has 0 heterocycles. The molecule has 0 saturated carbocycles. The van der Waals surface area contributed by atoms with Crippen LogP contribution in [0, 0.1) is 11.3 Å². The average Bonchev–Trinajstić information content (AvgIpc) is 3.01. The Labute approximate surface area is 224 Å². The standard InChI is InChI=1S/C27H21N3.C7H9N/c28-18-23-10-4-6-12-25(23)20-14-16-21(17-15-20)26-13-7-5-11-24(26)19-30-27(29)22-8-2-1-3-9-22;8-6-7-4-2-1-3-5-7/h1-17H,19H2,(H2,29,30);1-5H,6,8H2. The summed E-state index contributed by atoms with van der Waals surface area (Å²) in [7, 11) is 0. The topological polar surface area (TPSA) is 88.2 Å². The van der Waals surface area contributed by atoms with E-state index in [1.807, 2.05) is 97.1 Å². The second-order valence-corrected chi connectivity index (χ2v) is 8.65. The van der Waals surface area contributed by atoms with Crippen LogP contribution < -0.4 is 11.5 Å². The minimum Gasteiger partial charge on any atom is -0.383 e. The quantitative estimate of drug-likeness (QED) is 0.198. The van der Waals surface area contributed by atoms with Gasteiger partial charge >= 0.3 is 0 Å². The Morgan fingerprint density at radius 3 is 1.76 bits per heavy atom. The molecule has 5 aromatic rings. The highest BCUT2D eigenvalue weighted by Gasteiger charge is 2.08. The highest BCUT2D eigenvalue weighted by Crippen LogP contribution is 2.29. The molecule has 5 rings (SSSR count). The molecule has 0 aromatic heterocycles. The van der Waals surface area contributed by atoms with Gasteiger partial charge in [0.15, 0.2) is 0 Å². The van der Waals surface area contributed by atoms with Gasteiger partial charge in [0.05, 0.1) is 18.2 Å². The Balaban J connectivity index is 0.000000360. The largest absolute Gasteiger partial charge is 0.383 e. The number of hydrogen-bond donors (Lipinski definition) is 2. The van der Waals surface area contributed by atoms with E-state index in [9.17, 15) is 5.26 Å². The van der Waals surface area contributed by atoms with Gasteiger partial charge in [-0.1, -0.05) is 127 Å². The SMILES string of the molecule is N#Cc1ccccc1-c1ccc(-c2ccccc2CN=C(N)c2ccccc2)cc1.NCc1ccccc1. The van der Waals surface area contributed by atoms with Crippen molar-refractivity contribution in [2.75, 3.05) is 0 Å². The molecule has 186 valence electrons. The molecule has 0 saturated heterocycles. The predicted molar refractivity (Wildman–Crippen MR) is 157 cm³/mol. The lowest BCUT2D eigenvalue weighted by molar-refractivity contribution is 1.06. The minimum absolute atomic E-state index is 0.510. The average molecular weight is 495 g/mol. The fourth-order valence-electron chi connectivity index (χ4n) is 4.09. The summed E-state index contributed by atoms with van der Waals surface area (Å²) in [6, 6.07) is 46.2. The lowest BCUT2D eigenvalue weighted by Gasteiger charge is -2.10. The summed E-state index contributed by atoms with van der Waals surface area (Å²) in [5.41, 5.74) is 19.6. The lowest BCUT2D eigenvalue weighted by Crippen LogP contribution is -2.13. The van der Waals surface area contributed by atoms with E-state index in [1.165, 1.54) is 5.56 Å². The van der Waals surface area contributed by atoms with E-state index in [0.29, 0.717) is 24.5 Å². The molecule has 0 atom stereocenters. The Bertz CT molecular complexity index is 1520. The van der Waals surface area contributed by atoms with Crippen LogP contribution in [0.2, 0.25) is 0 Å². The van der Waals surface area contributed by atoms with Gasteiger partial charge in [-0.3, -0.25) is 4.99 Å². The predicted octanol–water partition coefficient (Wildman–Crippen LogP) is 6.94. The van der Waals surface area contributed by atoms with Crippen LogP contribution in [0.25, 0.3) is 22.3 Å². The van der Waals surface area contributed by atoms with E-state index in [0.717, 1.165) is 33.4 Å². The van der Waals surface area contributed by atoms with Gasteiger partial charge in [-0.2, -0.15) is 5.26 Å². The first-order chi connectivity index (χ1) is 18.7. The van der Waals surface area contributed by atoms with E-state index in [-0.39, 0.29) is 0 Å². The Hall–Kier alpha value is -4.98. The molecule has 5 aromatic carbocycles. The van der Waals surface area contributed by atoms with Gasteiger partial charge in [0.25, 0.3) is 0 Å². The first kappa shape index (κ1) is 26.1. The number of hydrogen-bond acceptors (Lipinski definition) is 3. The fraction of sp³-hybridized carbons (Fsp3) is 0.0588. The third kappa shape index (κ3) is 6.82. The molecular formula is C34H30N4. The van der Waals surface area contributed by atoms with E-state index in [4.69, 9.17) is 11.5 Å². The number of nitrogens with two attached hydrogens (primary N) is 2. The summed E-state index contributed by atoms with van der Waals surface area (Å²) in [5, 5.41) is 9.36. The van der Waals surface area contributed by atoms with Gasteiger partial charge < -0.3 is 11.5 Å². The molecule has 4 nitrogen and oxygen atoms in total. The molecule has 0 aliphatic carbocycles. The van der Waals surface area contributed by atoms with Crippen LogP contribution in [0.1, 0.15) is 22.3 Å². The van der Waals surface area contributed by atoms with Gasteiger partial charge in [-0.15, -0.1) is 0 Å². The van der Waals surface area contributed by atoms with Crippen molar-refractivity contribution in [2.24, 2.45) is 16.5 Å². The zero-order valence-electron chi connectivity index (χ0n) is 21.2. The highest BCUT2D eigenvalue weighted by atomic mass is 14.8. The summed E-state index contributed by atoms with van der Waals surface area (Å²) >= 11 is 0. The third-order valence-corrected chi connectivity index (χ3v) is 6.14. The maximum Gasteiger partial charge on any atom is 0.125 e. The number of nitriles is 1. The van der Waals surface area contributed by atoms with E-state index < -0.39 is 0 Å². The molecule has 0 aliphatic rings. The molecule has 4 N–H and O–H groups in total. The summed E-state index contributed by atoms with van der Waals surface area (Å²) in [4.78, 5) is 4.60. The van der Waals surface area contributed by atoms with Gasteiger partial charge in [0.2, 0.25) is 0 Å².